The van der Waals surface area contributed by atoms with Crippen molar-refractivity contribution in [2.75, 3.05) is 5.88 Å². The van der Waals surface area contributed by atoms with Gasteiger partial charge in [0.25, 0.3) is 0 Å². The molecule has 0 aliphatic carbocycles. The van der Waals surface area contributed by atoms with Gasteiger partial charge in [0.05, 0.1) is 6.10 Å². The molecule has 0 aliphatic heterocycles. The van der Waals surface area contributed by atoms with Crippen molar-refractivity contribution in [3.63, 3.8) is 0 Å². The summed E-state index contributed by atoms with van der Waals surface area (Å²) in [6.45, 7) is 0. The third-order valence-electron chi connectivity index (χ3n) is 1.57. The number of alkyl halides is 1. The van der Waals surface area contributed by atoms with Crippen LogP contribution in [0.2, 0.25) is 10.0 Å². The molecule has 72 valence electrons. The maximum Gasteiger partial charge on any atom is 0.0715 e. The fourth-order valence-electron chi connectivity index (χ4n) is 1.06. The van der Waals surface area contributed by atoms with Crippen LogP contribution in [0.4, 0.5) is 0 Å². The summed E-state index contributed by atoms with van der Waals surface area (Å²) < 4.78 is 0. The molecule has 1 rings (SSSR count). The van der Waals surface area contributed by atoms with Gasteiger partial charge in [-0.15, -0.1) is 11.6 Å². The molecule has 1 nitrogen and oxygen atoms in total. The Bertz CT molecular complexity index is 268. The molecule has 0 fully saturated rings. The quantitative estimate of drug-likeness (QED) is 0.804. The molecule has 0 saturated carbocycles. The molecule has 0 unspecified atom stereocenters. The number of benzene rings is 1. The monoisotopic (exact) mass is 238 g/mol. The molecule has 1 aromatic rings. The van der Waals surface area contributed by atoms with E-state index in [0.717, 1.165) is 5.56 Å². The fourth-order valence-corrected chi connectivity index (χ4v) is 1.74. The SMILES string of the molecule is O[C@@H](CCl)Cc1cc(Cl)cc(Cl)c1. The van der Waals surface area contributed by atoms with Crippen LogP contribution in [0.5, 0.6) is 0 Å². The Morgan fingerprint density at radius 3 is 2.15 bits per heavy atom. The summed E-state index contributed by atoms with van der Waals surface area (Å²) in [5.41, 5.74) is 0.894. The Labute approximate surface area is 92.2 Å². The number of hydrogen-bond acceptors (Lipinski definition) is 1. The minimum atomic E-state index is -0.545. The summed E-state index contributed by atoms with van der Waals surface area (Å²) in [7, 11) is 0. The minimum Gasteiger partial charge on any atom is -0.392 e. The van der Waals surface area contributed by atoms with Gasteiger partial charge in [-0.2, -0.15) is 0 Å². The first-order valence-electron chi connectivity index (χ1n) is 3.81. The molecule has 0 bridgehead atoms. The van der Waals surface area contributed by atoms with Crippen molar-refractivity contribution < 1.29 is 5.11 Å². The second kappa shape index (κ2) is 5.06. The van der Waals surface area contributed by atoms with Crippen LogP contribution in [0.1, 0.15) is 5.56 Å². The predicted molar refractivity (Wildman–Crippen MR) is 56.9 cm³/mol. The zero-order valence-electron chi connectivity index (χ0n) is 6.80. The van der Waals surface area contributed by atoms with Crippen LogP contribution in [0, 0.1) is 0 Å². The van der Waals surface area contributed by atoms with Gasteiger partial charge in [0, 0.05) is 15.9 Å². The normalized spacial score (nSPS) is 12.9. The van der Waals surface area contributed by atoms with Crippen LogP contribution in [-0.4, -0.2) is 17.1 Å². The topological polar surface area (TPSA) is 20.2 Å². The van der Waals surface area contributed by atoms with Gasteiger partial charge >= 0.3 is 0 Å². The molecule has 0 aliphatic rings. The van der Waals surface area contributed by atoms with E-state index in [9.17, 15) is 5.11 Å². The molecule has 0 spiro atoms. The Balaban J connectivity index is 2.77. The second-order valence-corrected chi connectivity index (χ2v) is 3.97. The third kappa shape index (κ3) is 3.74. The van der Waals surface area contributed by atoms with Gasteiger partial charge in [0.15, 0.2) is 0 Å². The van der Waals surface area contributed by atoms with Crippen LogP contribution in [0.25, 0.3) is 0 Å². The van der Waals surface area contributed by atoms with E-state index in [1.54, 1.807) is 18.2 Å². The Morgan fingerprint density at radius 1 is 1.15 bits per heavy atom. The number of aliphatic hydroxyl groups excluding tert-OH is 1. The molecular weight excluding hydrogens is 230 g/mol. The Hall–Kier alpha value is 0.0500. The summed E-state index contributed by atoms with van der Waals surface area (Å²) in [4.78, 5) is 0. The lowest BCUT2D eigenvalue weighted by Gasteiger charge is -2.07. The van der Waals surface area contributed by atoms with E-state index in [4.69, 9.17) is 34.8 Å². The largest absolute Gasteiger partial charge is 0.392 e. The zero-order valence-corrected chi connectivity index (χ0v) is 9.07. The van der Waals surface area contributed by atoms with Crippen LogP contribution in [0.15, 0.2) is 18.2 Å². The lowest BCUT2D eigenvalue weighted by Crippen LogP contribution is -2.11. The van der Waals surface area contributed by atoms with Crippen molar-refractivity contribution in [1.29, 1.82) is 0 Å². The Morgan fingerprint density at radius 2 is 1.69 bits per heavy atom. The average Bonchev–Trinajstić information content (AvgIpc) is 2.02. The first-order valence-corrected chi connectivity index (χ1v) is 5.10. The molecule has 0 radical (unpaired) electrons. The van der Waals surface area contributed by atoms with E-state index in [1.807, 2.05) is 0 Å². The number of hydrogen-bond donors (Lipinski definition) is 1. The van der Waals surface area contributed by atoms with E-state index in [-0.39, 0.29) is 5.88 Å². The molecule has 0 amide bonds. The van der Waals surface area contributed by atoms with E-state index >= 15 is 0 Å². The predicted octanol–water partition coefficient (Wildman–Crippen LogP) is 3.14. The van der Waals surface area contributed by atoms with Crippen molar-refractivity contribution in [3.05, 3.63) is 33.8 Å². The van der Waals surface area contributed by atoms with Gasteiger partial charge in [0.2, 0.25) is 0 Å². The summed E-state index contributed by atoms with van der Waals surface area (Å²) in [5, 5.41) is 10.4. The lowest BCUT2D eigenvalue weighted by molar-refractivity contribution is 0.199. The van der Waals surface area contributed by atoms with E-state index in [1.165, 1.54) is 0 Å². The van der Waals surface area contributed by atoms with Gasteiger partial charge in [-0.05, 0) is 30.2 Å². The molecule has 0 saturated heterocycles. The first kappa shape index (κ1) is 11.1. The highest BCUT2D eigenvalue weighted by Crippen LogP contribution is 2.20. The summed E-state index contributed by atoms with van der Waals surface area (Å²) in [6, 6.07) is 5.19. The molecule has 1 aromatic carbocycles. The molecular formula is C9H9Cl3O. The zero-order chi connectivity index (χ0) is 9.84. The first-order chi connectivity index (χ1) is 6.11. The molecule has 1 atom stereocenters. The van der Waals surface area contributed by atoms with Crippen molar-refractivity contribution in [2.45, 2.75) is 12.5 Å². The van der Waals surface area contributed by atoms with Gasteiger partial charge in [-0.3, -0.25) is 0 Å². The maximum absolute atomic E-state index is 9.28. The van der Waals surface area contributed by atoms with Crippen LogP contribution < -0.4 is 0 Å². The van der Waals surface area contributed by atoms with Crippen molar-refractivity contribution in [2.24, 2.45) is 0 Å². The van der Waals surface area contributed by atoms with Gasteiger partial charge in [-0.25, -0.2) is 0 Å². The summed E-state index contributed by atoms with van der Waals surface area (Å²) in [5.74, 6) is 0.212. The second-order valence-electron chi connectivity index (χ2n) is 2.79. The van der Waals surface area contributed by atoms with Gasteiger partial charge in [-0.1, -0.05) is 23.2 Å². The summed E-state index contributed by atoms with van der Waals surface area (Å²) >= 11 is 17.0. The highest BCUT2D eigenvalue weighted by Gasteiger charge is 2.05. The maximum atomic E-state index is 9.28. The fraction of sp³-hybridized carbons (Fsp3) is 0.333. The molecule has 0 aromatic heterocycles. The highest BCUT2D eigenvalue weighted by atomic mass is 35.5. The number of aliphatic hydroxyl groups is 1. The standard InChI is InChI=1S/C9H9Cl3O/c10-5-9(13)3-6-1-7(11)4-8(12)2-6/h1-2,4,9,13H,3,5H2/t9-/m1/s1. The molecule has 1 N–H and O–H groups in total. The number of halogens is 3. The smallest absolute Gasteiger partial charge is 0.0715 e. The van der Waals surface area contributed by atoms with E-state index in [2.05, 4.69) is 0 Å². The summed E-state index contributed by atoms with van der Waals surface area (Å²) in [6.07, 6.45) is -0.0692. The molecule has 0 heterocycles. The van der Waals surface area contributed by atoms with E-state index < -0.39 is 6.10 Å². The number of rotatable bonds is 3. The van der Waals surface area contributed by atoms with Crippen LogP contribution in [0.3, 0.4) is 0 Å². The van der Waals surface area contributed by atoms with E-state index in [0.29, 0.717) is 16.5 Å². The van der Waals surface area contributed by atoms with Gasteiger partial charge < -0.3 is 5.11 Å². The highest BCUT2D eigenvalue weighted by molar-refractivity contribution is 6.34. The van der Waals surface area contributed by atoms with Crippen molar-refractivity contribution in [1.82, 2.24) is 0 Å². The van der Waals surface area contributed by atoms with Crippen LogP contribution in [-0.2, 0) is 6.42 Å². The average molecular weight is 240 g/mol. The lowest BCUT2D eigenvalue weighted by atomic mass is 10.1. The Kier molecular flexibility index (Phi) is 4.33. The molecule has 4 heteroatoms. The van der Waals surface area contributed by atoms with Crippen molar-refractivity contribution >= 4 is 34.8 Å². The third-order valence-corrected chi connectivity index (χ3v) is 2.36. The van der Waals surface area contributed by atoms with Crippen LogP contribution >= 0.6 is 34.8 Å². The van der Waals surface area contributed by atoms with Crippen molar-refractivity contribution in [3.8, 4) is 0 Å². The van der Waals surface area contributed by atoms with Gasteiger partial charge in [0.1, 0.15) is 0 Å². The minimum absolute atomic E-state index is 0.212. The molecule has 13 heavy (non-hydrogen) atoms.